The molecule has 1 aliphatic rings. The van der Waals surface area contributed by atoms with Crippen LogP contribution in [0.2, 0.25) is 5.02 Å². The number of anilines is 1. The van der Waals surface area contributed by atoms with Gasteiger partial charge in [0.15, 0.2) is 0 Å². The van der Waals surface area contributed by atoms with Gasteiger partial charge in [0.2, 0.25) is 0 Å². The molecule has 0 bridgehead atoms. The van der Waals surface area contributed by atoms with Crippen LogP contribution >= 0.6 is 11.6 Å². The van der Waals surface area contributed by atoms with E-state index < -0.39 is 5.97 Å². The maximum Gasteiger partial charge on any atom is 0.337 e. The van der Waals surface area contributed by atoms with Gasteiger partial charge in [-0.25, -0.2) is 9.78 Å². The Morgan fingerprint density at radius 3 is 2.90 bits per heavy atom. The van der Waals surface area contributed by atoms with E-state index >= 15 is 0 Å². The van der Waals surface area contributed by atoms with Gasteiger partial charge in [0.25, 0.3) is 0 Å². The van der Waals surface area contributed by atoms with Crippen LogP contribution in [0.3, 0.4) is 0 Å². The molecule has 116 valence electrons. The van der Waals surface area contributed by atoms with Crippen LogP contribution in [0.25, 0.3) is 0 Å². The fourth-order valence-corrected chi connectivity index (χ4v) is 2.97. The standard InChI is InChI=1S/C15H21ClN2O3/c1-3-15(4-2)8-10(5-6-21-15)18-13-7-11(14(19)20)12(16)9-17-13/h7,9-10H,3-6,8H2,1-2H3,(H,17,18)(H,19,20). The largest absolute Gasteiger partial charge is 0.478 e. The Morgan fingerprint density at radius 2 is 2.29 bits per heavy atom. The van der Waals surface area contributed by atoms with Crippen LogP contribution in [-0.2, 0) is 4.74 Å². The van der Waals surface area contributed by atoms with Crippen molar-refractivity contribution in [3.05, 3.63) is 22.8 Å². The van der Waals surface area contributed by atoms with Crippen molar-refractivity contribution in [2.75, 3.05) is 11.9 Å². The Morgan fingerprint density at radius 1 is 1.57 bits per heavy atom. The van der Waals surface area contributed by atoms with E-state index in [1.165, 1.54) is 12.3 Å². The molecular weight excluding hydrogens is 292 g/mol. The topological polar surface area (TPSA) is 71.5 Å². The summed E-state index contributed by atoms with van der Waals surface area (Å²) in [4.78, 5) is 15.3. The van der Waals surface area contributed by atoms with Gasteiger partial charge in [0, 0.05) is 18.8 Å². The number of carboxylic acid groups (broad SMARTS) is 1. The van der Waals surface area contributed by atoms with E-state index in [2.05, 4.69) is 24.1 Å². The second-order valence-corrected chi connectivity index (χ2v) is 5.83. The lowest BCUT2D eigenvalue weighted by Gasteiger charge is -2.40. The number of rotatable bonds is 5. The molecule has 0 aromatic carbocycles. The summed E-state index contributed by atoms with van der Waals surface area (Å²) in [6, 6.07) is 1.72. The van der Waals surface area contributed by atoms with Crippen LogP contribution in [0.4, 0.5) is 5.82 Å². The zero-order valence-electron chi connectivity index (χ0n) is 12.4. The van der Waals surface area contributed by atoms with Crippen molar-refractivity contribution in [1.82, 2.24) is 4.98 Å². The van der Waals surface area contributed by atoms with Gasteiger partial charge in [-0.3, -0.25) is 0 Å². The maximum absolute atomic E-state index is 11.1. The number of nitrogens with zero attached hydrogens (tertiary/aromatic N) is 1. The fraction of sp³-hybridized carbons (Fsp3) is 0.600. The second-order valence-electron chi connectivity index (χ2n) is 5.43. The summed E-state index contributed by atoms with van der Waals surface area (Å²) >= 11 is 5.83. The van der Waals surface area contributed by atoms with Crippen molar-refractivity contribution >= 4 is 23.4 Å². The molecule has 2 N–H and O–H groups in total. The molecule has 2 rings (SSSR count). The molecule has 5 nitrogen and oxygen atoms in total. The van der Waals surface area contributed by atoms with Crippen LogP contribution in [0, 0.1) is 0 Å². The number of aromatic carboxylic acids is 1. The predicted molar refractivity (Wildman–Crippen MR) is 82.1 cm³/mol. The van der Waals surface area contributed by atoms with Crippen molar-refractivity contribution in [3.63, 3.8) is 0 Å². The van der Waals surface area contributed by atoms with Gasteiger partial charge in [-0.15, -0.1) is 0 Å². The summed E-state index contributed by atoms with van der Waals surface area (Å²) < 4.78 is 5.94. The number of nitrogens with one attached hydrogen (secondary N) is 1. The first-order valence-corrected chi connectivity index (χ1v) is 7.67. The highest BCUT2D eigenvalue weighted by Gasteiger charge is 2.34. The normalized spacial score (nSPS) is 21.0. The van der Waals surface area contributed by atoms with Crippen molar-refractivity contribution in [2.24, 2.45) is 0 Å². The maximum atomic E-state index is 11.1. The zero-order valence-corrected chi connectivity index (χ0v) is 13.1. The smallest absolute Gasteiger partial charge is 0.337 e. The average Bonchev–Trinajstić information content (AvgIpc) is 2.49. The molecule has 21 heavy (non-hydrogen) atoms. The van der Waals surface area contributed by atoms with Crippen LogP contribution < -0.4 is 5.32 Å². The number of halogens is 1. The van der Waals surface area contributed by atoms with Crippen molar-refractivity contribution < 1.29 is 14.6 Å². The molecule has 1 atom stereocenters. The number of hydrogen-bond acceptors (Lipinski definition) is 4. The Bertz CT molecular complexity index is 518. The molecule has 0 radical (unpaired) electrons. The first-order valence-electron chi connectivity index (χ1n) is 7.29. The van der Waals surface area contributed by atoms with Crippen LogP contribution in [0.1, 0.15) is 49.9 Å². The van der Waals surface area contributed by atoms with E-state index in [0.29, 0.717) is 12.4 Å². The number of hydrogen-bond donors (Lipinski definition) is 2. The number of carbonyl (C=O) groups is 1. The molecule has 0 spiro atoms. The third kappa shape index (κ3) is 3.66. The molecular formula is C15H21ClN2O3. The predicted octanol–water partition coefficient (Wildman–Crippen LogP) is 3.58. The highest BCUT2D eigenvalue weighted by Crippen LogP contribution is 2.32. The van der Waals surface area contributed by atoms with E-state index in [1.54, 1.807) is 0 Å². The van der Waals surface area contributed by atoms with Crippen LogP contribution in [0.15, 0.2) is 12.3 Å². The van der Waals surface area contributed by atoms with Gasteiger partial charge < -0.3 is 15.2 Å². The number of ether oxygens (including phenoxy) is 1. The summed E-state index contributed by atoms with van der Waals surface area (Å²) in [6.07, 6.45) is 5.09. The number of aromatic nitrogens is 1. The zero-order chi connectivity index (χ0) is 15.5. The third-order valence-electron chi connectivity index (χ3n) is 4.22. The quantitative estimate of drug-likeness (QED) is 0.869. The molecule has 1 fully saturated rings. The highest BCUT2D eigenvalue weighted by molar-refractivity contribution is 6.33. The van der Waals surface area contributed by atoms with E-state index in [4.69, 9.17) is 21.4 Å². The molecule has 1 aliphatic heterocycles. The molecule has 0 aliphatic carbocycles. The molecule has 1 aromatic rings. The van der Waals surface area contributed by atoms with E-state index in [1.807, 2.05) is 0 Å². The number of carboxylic acids is 1. The lowest BCUT2D eigenvalue weighted by atomic mass is 9.86. The first kappa shape index (κ1) is 16.0. The Hall–Kier alpha value is -1.33. The van der Waals surface area contributed by atoms with Crippen LogP contribution in [-0.4, -0.2) is 34.3 Å². The summed E-state index contributed by atoms with van der Waals surface area (Å²) in [5.41, 5.74) is -0.0173. The molecule has 0 amide bonds. The highest BCUT2D eigenvalue weighted by atomic mass is 35.5. The van der Waals surface area contributed by atoms with E-state index in [-0.39, 0.29) is 22.2 Å². The minimum Gasteiger partial charge on any atom is -0.478 e. The van der Waals surface area contributed by atoms with Crippen molar-refractivity contribution in [3.8, 4) is 0 Å². The first-order chi connectivity index (χ1) is 9.99. The van der Waals surface area contributed by atoms with Gasteiger partial charge in [0.05, 0.1) is 16.2 Å². The monoisotopic (exact) mass is 312 g/mol. The third-order valence-corrected chi connectivity index (χ3v) is 4.52. The minimum atomic E-state index is -1.05. The Labute approximate surface area is 129 Å². The van der Waals surface area contributed by atoms with E-state index in [9.17, 15) is 4.79 Å². The lowest BCUT2D eigenvalue weighted by molar-refractivity contribution is -0.0864. The molecule has 1 aromatic heterocycles. The molecule has 0 saturated carbocycles. The number of pyridine rings is 1. The molecule has 1 unspecified atom stereocenters. The van der Waals surface area contributed by atoms with Gasteiger partial charge >= 0.3 is 5.97 Å². The van der Waals surface area contributed by atoms with Crippen LogP contribution in [0.5, 0.6) is 0 Å². The summed E-state index contributed by atoms with van der Waals surface area (Å²) in [5, 5.41) is 12.6. The van der Waals surface area contributed by atoms with Gasteiger partial charge in [-0.2, -0.15) is 0 Å². The van der Waals surface area contributed by atoms with Gasteiger partial charge in [-0.05, 0) is 31.7 Å². The Balaban J connectivity index is 2.11. The average molecular weight is 313 g/mol. The molecule has 6 heteroatoms. The summed E-state index contributed by atoms with van der Waals surface area (Å²) in [6.45, 7) is 4.97. The van der Waals surface area contributed by atoms with Gasteiger partial charge in [-0.1, -0.05) is 25.4 Å². The fourth-order valence-electron chi connectivity index (χ4n) is 2.78. The minimum absolute atomic E-state index is 0.0680. The van der Waals surface area contributed by atoms with Gasteiger partial charge in [0.1, 0.15) is 5.82 Å². The lowest BCUT2D eigenvalue weighted by Crippen LogP contribution is -2.43. The van der Waals surface area contributed by atoms with Crippen molar-refractivity contribution in [1.29, 1.82) is 0 Å². The Kier molecular flexibility index (Phi) is 5.06. The molecule has 2 heterocycles. The van der Waals surface area contributed by atoms with Crippen molar-refractivity contribution in [2.45, 2.75) is 51.2 Å². The summed E-state index contributed by atoms with van der Waals surface area (Å²) in [7, 11) is 0. The molecule has 1 saturated heterocycles. The summed E-state index contributed by atoms with van der Waals surface area (Å²) in [5.74, 6) is -0.501. The second kappa shape index (κ2) is 6.62. The van der Waals surface area contributed by atoms with E-state index in [0.717, 1.165) is 25.7 Å². The SMILES string of the molecule is CCC1(CC)CC(Nc2cc(C(=O)O)c(Cl)cn2)CCO1.